The SMILES string of the molecule is C=CNC/C=C/CN1CCCC(F)(CN(C)CC)CC1. The Bertz CT molecular complexity index is 306. The predicted octanol–water partition coefficient (Wildman–Crippen LogP) is 2.42. The Morgan fingerprint density at radius 2 is 2.15 bits per heavy atom. The smallest absolute Gasteiger partial charge is 0.124 e. The minimum atomic E-state index is -1.01. The number of hydrogen-bond acceptors (Lipinski definition) is 3. The van der Waals surface area contributed by atoms with Crippen LogP contribution in [0.1, 0.15) is 26.2 Å². The van der Waals surface area contributed by atoms with E-state index in [1.807, 2.05) is 7.05 Å². The number of nitrogens with one attached hydrogen (secondary N) is 1. The maximum atomic E-state index is 14.8. The molecule has 0 aromatic carbocycles. The predicted molar refractivity (Wildman–Crippen MR) is 84.6 cm³/mol. The second-order valence-electron chi connectivity index (χ2n) is 5.72. The van der Waals surface area contributed by atoms with Crippen LogP contribution in [0.2, 0.25) is 0 Å². The summed E-state index contributed by atoms with van der Waals surface area (Å²) in [6.45, 7) is 10.7. The van der Waals surface area contributed by atoms with Crippen LogP contribution in [-0.2, 0) is 0 Å². The molecule has 1 aliphatic rings. The van der Waals surface area contributed by atoms with Crippen LogP contribution in [0.25, 0.3) is 0 Å². The minimum absolute atomic E-state index is 0.566. The zero-order chi connectivity index (χ0) is 14.8. The highest BCUT2D eigenvalue weighted by atomic mass is 19.1. The molecule has 1 unspecified atom stereocenters. The van der Waals surface area contributed by atoms with Crippen molar-refractivity contribution in [2.45, 2.75) is 31.9 Å². The molecule has 0 saturated carbocycles. The molecular weight excluding hydrogens is 253 g/mol. The summed E-state index contributed by atoms with van der Waals surface area (Å²) in [5.74, 6) is 0. The molecule has 1 N–H and O–H groups in total. The molecule has 0 radical (unpaired) electrons. The van der Waals surface area contributed by atoms with E-state index in [1.165, 1.54) is 0 Å². The number of nitrogens with zero attached hydrogens (tertiary/aromatic N) is 2. The molecule has 1 heterocycles. The zero-order valence-corrected chi connectivity index (χ0v) is 13.1. The second-order valence-corrected chi connectivity index (χ2v) is 5.72. The van der Waals surface area contributed by atoms with Crippen LogP contribution in [-0.4, -0.2) is 61.8 Å². The van der Waals surface area contributed by atoms with Crippen molar-refractivity contribution in [3.8, 4) is 0 Å². The van der Waals surface area contributed by atoms with Crippen molar-refractivity contribution in [1.82, 2.24) is 15.1 Å². The lowest BCUT2D eigenvalue weighted by Gasteiger charge is -2.28. The van der Waals surface area contributed by atoms with Crippen LogP contribution >= 0.6 is 0 Å². The summed E-state index contributed by atoms with van der Waals surface area (Å²) < 4.78 is 14.8. The third-order valence-corrected chi connectivity index (χ3v) is 3.98. The van der Waals surface area contributed by atoms with Crippen LogP contribution in [0.15, 0.2) is 24.9 Å². The third-order valence-electron chi connectivity index (χ3n) is 3.98. The van der Waals surface area contributed by atoms with Crippen LogP contribution in [0.5, 0.6) is 0 Å². The van der Waals surface area contributed by atoms with Crippen molar-refractivity contribution in [3.05, 3.63) is 24.9 Å². The molecule has 0 bridgehead atoms. The molecule has 0 aliphatic carbocycles. The lowest BCUT2D eigenvalue weighted by Crippen LogP contribution is -2.38. The topological polar surface area (TPSA) is 18.5 Å². The van der Waals surface area contributed by atoms with E-state index >= 15 is 0 Å². The number of likely N-dealkylation sites (tertiary alicyclic amines) is 1. The van der Waals surface area contributed by atoms with Crippen molar-refractivity contribution >= 4 is 0 Å². The molecule has 0 spiro atoms. The van der Waals surface area contributed by atoms with Crippen molar-refractivity contribution in [2.24, 2.45) is 0 Å². The van der Waals surface area contributed by atoms with Crippen molar-refractivity contribution in [3.63, 3.8) is 0 Å². The molecule has 0 aromatic heterocycles. The first-order chi connectivity index (χ1) is 9.59. The molecular formula is C16H30FN3. The van der Waals surface area contributed by atoms with Crippen LogP contribution in [0.4, 0.5) is 4.39 Å². The van der Waals surface area contributed by atoms with Gasteiger partial charge in [0.1, 0.15) is 5.67 Å². The van der Waals surface area contributed by atoms with E-state index in [9.17, 15) is 4.39 Å². The van der Waals surface area contributed by atoms with E-state index in [0.717, 1.165) is 39.1 Å². The first-order valence-electron chi connectivity index (χ1n) is 7.69. The van der Waals surface area contributed by atoms with Gasteiger partial charge in [0.15, 0.2) is 0 Å². The van der Waals surface area contributed by atoms with E-state index in [-0.39, 0.29) is 0 Å². The largest absolute Gasteiger partial charge is 0.388 e. The average molecular weight is 283 g/mol. The Hall–Kier alpha value is -0.870. The summed E-state index contributed by atoms with van der Waals surface area (Å²) in [5, 5.41) is 3.03. The highest BCUT2D eigenvalue weighted by molar-refractivity contribution is 4.91. The molecule has 1 aliphatic heterocycles. The van der Waals surface area contributed by atoms with Crippen LogP contribution in [0.3, 0.4) is 0 Å². The first-order valence-corrected chi connectivity index (χ1v) is 7.69. The highest BCUT2D eigenvalue weighted by Gasteiger charge is 2.32. The lowest BCUT2D eigenvalue weighted by molar-refractivity contribution is 0.0910. The third kappa shape index (κ3) is 6.53. The van der Waals surface area contributed by atoms with Gasteiger partial charge in [0, 0.05) is 26.2 Å². The number of alkyl halides is 1. The Labute approximate surface area is 123 Å². The fourth-order valence-corrected chi connectivity index (χ4v) is 2.61. The highest BCUT2D eigenvalue weighted by Crippen LogP contribution is 2.27. The van der Waals surface area contributed by atoms with Gasteiger partial charge in [0.25, 0.3) is 0 Å². The van der Waals surface area contributed by atoms with Gasteiger partial charge >= 0.3 is 0 Å². The van der Waals surface area contributed by atoms with Gasteiger partial charge in [-0.3, -0.25) is 4.90 Å². The summed E-state index contributed by atoms with van der Waals surface area (Å²) in [6.07, 6.45) is 8.23. The first kappa shape index (κ1) is 17.2. The second kappa shape index (κ2) is 9.14. The fourth-order valence-electron chi connectivity index (χ4n) is 2.61. The molecule has 1 atom stereocenters. The fraction of sp³-hybridized carbons (Fsp3) is 0.750. The van der Waals surface area contributed by atoms with Gasteiger partial charge < -0.3 is 10.2 Å². The maximum absolute atomic E-state index is 14.8. The Balaban J connectivity index is 2.34. The lowest BCUT2D eigenvalue weighted by atomic mass is 9.96. The van der Waals surface area contributed by atoms with Gasteiger partial charge in [-0.05, 0) is 45.6 Å². The standard InChI is InChI=1S/C16H30FN3/c1-4-18-11-6-7-12-20-13-8-9-16(17,10-14-20)15-19(3)5-2/h4,6-7,18H,1,5,8-15H2,2-3H3/b7-6+. The summed E-state index contributed by atoms with van der Waals surface area (Å²) in [4.78, 5) is 4.42. The zero-order valence-electron chi connectivity index (χ0n) is 13.1. The van der Waals surface area contributed by atoms with Crippen molar-refractivity contribution < 1.29 is 4.39 Å². The van der Waals surface area contributed by atoms with Gasteiger partial charge in [-0.25, -0.2) is 4.39 Å². The average Bonchev–Trinajstić information content (AvgIpc) is 2.61. The number of halogens is 1. The van der Waals surface area contributed by atoms with Gasteiger partial charge in [0.2, 0.25) is 0 Å². The summed E-state index contributed by atoms with van der Waals surface area (Å²) >= 11 is 0. The van der Waals surface area contributed by atoms with E-state index in [2.05, 4.69) is 40.8 Å². The van der Waals surface area contributed by atoms with Crippen LogP contribution < -0.4 is 5.32 Å². The van der Waals surface area contributed by atoms with E-state index in [1.54, 1.807) is 6.20 Å². The Kier molecular flexibility index (Phi) is 7.85. The molecule has 3 nitrogen and oxygen atoms in total. The number of rotatable bonds is 8. The van der Waals surface area contributed by atoms with Gasteiger partial charge in [0.05, 0.1) is 0 Å². The number of hydrogen-bond donors (Lipinski definition) is 1. The molecule has 116 valence electrons. The summed E-state index contributed by atoms with van der Waals surface area (Å²) in [5.41, 5.74) is -1.01. The maximum Gasteiger partial charge on any atom is 0.124 e. The van der Waals surface area contributed by atoms with E-state index in [0.29, 0.717) is 19.4 Å². The molecule has 1 saturated heterocycles. The monoisotopic (exact) mass is 283 g/mol. The van der Waals surface area contributed by atoms with Gasteiger partial charge in [-0.1, -0.05) is 25.7 Å². The van der Waals surface area contributed by atoms with Crippen LogP contribution in [0, 0.1) is 0 Å². The van der Waals surface area contributed by atoms with E-state index in [4.69, 9.17) is 0 Å². The van der Waals surface area contributed by atoms with Crippen molar-refractivity contribution in [2.75, 3.05) is 46.3 Å². The van der Waals surface area contributed by atoms with Gasteiger partial charge in [-0.2, -0.15) is 0 Å². The summed E-state index contributed by atoms with van der Waals surface area (Å²) in [6, 6.07) is 0. The normalized spacial score (nSPS) is 25.0. The van der Waals surface area contributed by atoms with Gasteiger partial charge in [-0.15, -0.1) is 0 Å². The Morgan fingerprint density at radius 1 is 1.35 bits per heavy atom. The van der Waals surface area contributed by atoms with Crippen molar-refractivity contribution in [1.29, 1.82) is 0 Å². The Morgan fingerprint density at radius 3 is 2.85 bits per heavy atom. The molecule has 4 heteroatoms. The molecule has 1 rings (SSSR count). The summed E-state index contributed by atoms with van der Waals surface area (Å²) in [7, 11) is 2.00. The molecule has 0 aromatic rings. The molecule has 0 amide bonds. The molecule has 20 heavy (non-hydrogen) atoms. The molecule has 1 fully saturated rings. The quantitative estimate of drug-likeness (QED) is 0.545. The minimum Gasteiger partial charge on any atom is -0.388 e. The van der Waals surface area contributed by atoms with E-state index < -0.39 is 5.67 Å².